The molecule has 2 atom stereocenters. The number of benzene rings is 1. The molecule has 2 rings (SSSR count). The van der Waals surface area contributed by atoms with Gasteiger partial charge in [-0.15, -0.1) is 0 Å². The number of amides is 1. The van der Waals surface area contributed by atoms with Crippen LogP contribution in [-0.4, -0.2) is 37.6 Å². The van der Waals surface area contributed by atoms with Gasteiger partial charge in [-0.1, -0.05) is 44.9 Å². The predicted molar refractivity (Wildman–Crippen MR) is 96.5 cm³/mol. The maximum Gasteiger partial charge on any atom is 0.225 e. The minimum absolute atomic E-state index is 0.0324. The molecule has 0 spiro atoms. The van der Waals surface area contributed by atoms with Gasteiger partial charge in [-0.25, -0.2) is 8.42 Å². The van der Waals surface area contributed by atoms with Crippen molar-refractivity contribution >= 4 is 15.7 Å². The third-order valence-electron chi connectivity index (χ3n) is 4.92. The number of likely N-dealkylation sites (tertiary alicyclic amines) is 1. The van der Waals surface area contributed by atoms with Crippen molar-refractivity contribution in [1.82, 2.24) is 4.90 Å². The first-order chi connectivity index (χ1) is 11.5. The second kappa shape index (κ2) is 8.65. The Morgan fingerprint density at radius 2 is 1.96 bits per heavy atom. The molecule has 0 N–H and O–H groups in total. The predicted octanol–water partition coefficient (Wildman–Crippen LogP) is 3.67. The van der Waals surface area contributed by atoms with Gasteiger partial charge in [-0.2, -0.15) is 0 Å². The zero-order chi connectivity index (χ0) is 17.6. The van der Waals surface area contributed by atoms with E-state index in [2.05, 4.69) is 6.92 Å². The maximum absolute atomic E-state index is 12.8. The molecule has 0 saturated carbocycles. The first-order valence-electron chi connectivity index (χ1n) is 9.07. The average molecular weight is 352 g/mol. The molecule has 134 valence electrons. The van der Waals surface area contributed by atoms with Crippen molar-refractivity contribution in [2.24, 2.45) is 5.92 Å². The molecule has 0 radical (unpaired) electrons. The normalized spacial score (nSPS) is 19.4. The third-order valence-corrected chi connectivity index (χ3v) is 6.74. The highest BCUT2D eigenvalue weighted by Crippen LogP contribution is 2.26. The Hall–Kier alpha value is -1.36. The minimum Gasteiger partial charge on any atom is -0.338 e. The molecule has 1 aromatic rings. The fourth-order valence-corrected chi connectivity index (χ4v) is 5.08. The van der Waals surface area contributed by atoms with Crippen molar-refractivity contribution in [3.8, 4) is 0 Å². The summed E-state index contributed by atoms with van der Waals surface area (Å²) in [7, 11) is -3.35. The first kappa shape index (κ1) is 19.0. The fourth-order valence-electron chi connectivity index (χ4n) is 3.46. The second-order valence-corrected chi connectivity index (χ2v) is 8.70. The average Bonchev–Trinajstić information content (AvgIpc) is 3.03. The SMILES string of the molecule is CCCCC(CC)C(=O)N1CCCC1CS(=O)(=O)c1ccccc1. The van der Waals surface area contributed by atoms with Crippen molar-refractivity contribution in [1.29, 1.82) is 0 Å². The van der Waals surface area contributed by atoms with Crippen LogP contribution in [0.4, 0.5) is 0 Å². The van der Waals surface area contributed by atoms with Crippen molar-refractivity contribution in [2.45, 2.75) is 63.3 Å². The van der Waals surface area contributed by atoms with E-state index in [0.717, 1.165) is 38.5 Å². The van der Waals surface area contributed by atoms with E-state index < -0.39 is 9.84 Å². The highest BCUT2D eigenvalue weighted by molar-refractivity contribution is 7.91. The fraction of sp³-hybridized carbons (Fsp3) is 0.632. The molecule has 1 aliphatic heterocycles. The van der Waals surface area contributed by atoms with E-state index in [9.17, 15) is 13.2 Å². The van der Waals surface area contributed by atoms with E-state index >= 15 is 0 Å². The van der Waals surface area contributed by atoms with Crippen LogP contribution in [0.25, 0.3) is 0 Å². The number of hydrogen-bond donors (Lipinski definition) is 0. The van der Waals surface area contributed by atoms with E-state index in [1.54, 1.807) is 24.3 Å². The highest BCUT2D eigenvalue weighted by atomic mass is 32.2. The number of unbranched alkanes of at least 4 members (excludes halogenated alkanes) is 1. The zero-order valence-electron chi connectivity index (χ0n) is 14.8. The first-order valence-corrected chi connectivity index (χ1v) is 10.7. The Kier molecular flexibility index (Phi) is 6.84. The monoisotopic (exact) mass is 351 g/mol. The van der Waals surface area contributed by atoms with Crippen LogP contribution in [0.15, 0.2) is 35.2 Å². The molecule has 0 aromatic heterocycles. The summed E-state index contributed by atoms with van der Waals surface area (Å²) in [6.07, 6.45) is 5.53. The molecule has 0 aliphatic carbocycles. The molecular weight excluding hydrogens is 322 g/mol. The lowest BCUT2D eigenvalue weighted by molar-refractivity contribution is -0.136. The molecule has 1 heterocycles. The van der Waals surface area contributed by atoms with E-state index in [4.69, 9.17) is 0 Å². The van der Waals surface area contributed by atoms with E-state index in [-0.39, 0.29) is 23.6 Å². The second-order valence-electron chi connectivity index (χ2n) is 6.67. The van der Waals surface area contributed by atoms with Gasteiger partial charge in [0.2, 0.25) is 5.91 Å². The Balaban J connectivity index is 2.08. The molecule has 5 heteroatoms. The van der Waals surface area contributed by atoms with Gasteiger partial charge in [-0.3, -0.25) is 4.79 Å². The van der Waals surface area contributed by atoms with E-state index in [0.29, 0.717) is 11.4 Å². The lowest BCUT2D eigenvalue weighted by Gasteiger charge is -2.28. The van der Waals surface area contributed by atoms with Crippen LogP contribution < -0.4 is 0 Å². The van der Waals surface area contributed by atoms with Crippen LogP contribution in [0.1, 0.15) is 52.4 Å². The number of carbonyl (C=O) groups excluding carboxylic acids is 1. The Morgan fingerprint density at radius 1 is 1.25 bits per heavy atom. The summed E-state index contributed by atoms with van der Waals surface area (Å²) >= 11 is 0. The Labute approximate surface area is 146 Å². The number of sulfone groups is 1. The molecule has 1 saturated heterocycles. The summed E-state index contributed by atoms with van der Waals surface area (Å²) in [5, 5.41) is 0. The number of hydrogen-bond acceptors (Lipinski definition) is 3. The summed E-state index contributed by atoms with van der Waals surface area (Å²) < 4.78 is 25.3. The summed E-state index contributed by atoms with van der Waals surface area (Å²) in [6.45, 7) is 4.86. The minimum atomic E-state index is -3.35. The van der Waals surface area contributed by atoms with Crippen LogP contribution in [-0.2, 0) is 14.6 Å². The summed E-state index contributed by atoms with van der Waals surface area (Å²) in [5.74, 6) is 0.217. The lowest BCUT2D eigenvalue weighted by Crippen LogP contribution is -2.42. The molecule has 1 aromatic carbocycles. The lowest BCUT2D eigenvalue weighted by atomic mass is 9.97. The number of nitrogens with zero attached hydrogens (tertiary/aromatic N) is 1. The van der Waals surface area contributed by atoms with Crippen molar-refractivity contribution < 1.29 is 13.2 Å². The zero-order valence-corrected chi connectivity index (χ0v) is 15.6. The Morgan fingerprint density at radius 3 is 2.58 bits per heavy atom. The molecule has 4 nitrogen and oxygen atoms in total. The van der Waals surface area contributed by atoms with E-state index in [1.165, 1.54) is 0 Å². The topological polar surface area (TPSA) is 54.5 Å². The van der Waals surface area contributed by atoms with Gasteiger partial charge in [-0.05, 0) is 37.8 Å². The van der Waals surface area contributed by atoms with Gasteiger partial charge in [0.05, 0.1) is 10.6 Å². The molecule has 1 aliphatic rings. The summed E-state index contributed by atoms with van der Waals surface area (Å²) in [5.41, 5.74) is 0. The van der Waals surface area contributed by atoms with Crippen molar-refractivity contribution in [3.05, 3.63) is 30.3 Å². The van der Waals surface area contributed by atoms with Crippen LogP contribution in [0, 0.1) is 5.92 Å². The number of carbonyl (C=O) groups is 1. The molecule has 1 fully saturated rings. The van der Waals surface area contributed by atoms with Gasteiger partial charge in [0.15, 0.2) is 9.84 Å². The third kappa shape index (κ3) is 4.59. The quantitative estimate of drug-likeness (QED) is 0.718. The van der Waals surface area contributed by atoms with Crippen LogP contribution in [0.3, 0.4) is 0 Å². The van der Waals surface area contributed by atoms with Crippen molar-refractivity contribution in [2.75, 3.05) is 12.3 Å². The molecule has 0 bridgehead atoms. The van der Waals surface area contributed by atoms with Gasteiger partial charge in [0, 0.05) is 18.5 Å². The van der Waals surface area contributed by atoms with E-state index in [1.807, 2.05) is 17.9 Å². The van der Waals surface area contributed by atoms with Crippen LogP contribution in [0.2, 0.25) is 0 Å². The number of rotatable bonds is 8. The highest BCUT2D eigenvalue weighted by Gasteiger charge is 2.35. The van der Waals surface area contributed by atoms with Gasteiger partial charge < -0.3 is 4.90 Å². The van der Waals surface area contributed by atoms with Crippen molar-refractivity contribution in [3.63, 3.8) is 0 Å². The standard InChI is InChI=1S/C19H29NO3S/c1-3-5-10-16(4-2)19(21)20-14-9-11-17(20)15-24(22,23)18-12-7-6-8-13-18/h6-8,12-13,16-17H,3-5,9-11,14-15H2,1-2H3. The summed E-state index contributed by atoms with van der Waals surface area (Å²) in [6, 6.07) is 8.37. The molecule has 24 heavy (non-hydrogen) atoms. The maximum atomic E-state index is 12.8. The largest absolute Gasteiger partial charge is 0.338 e. The van der Waals surface area contributed by atoms with Crippen LogP contribution in [0.5, 0.6) is 0 Å². The molecule has 2 unspecified atom stereocenters. The molecular formula is C19H29NO3S. The van der Waals surface area contributed by atoms with Gasteiger partial charge in [0.25, 0.3) is 0 Å². The smallest absolute Gasteiger partial charge is 0.225 e. The van der Waals surface area contributed by atoms with Crippen LogP contribution >= 0.6 is 0 Å². The van der Waals surface area contributed by atoms with Gasteiger partial charge in [0.1, 0.15) is 0 Å². The summed E-state index contributed by atoms with van der Waals surface area (Å²) in [4.78, 5) is 15.0. The Bertz CT molecular complexity index is 627. The van der Waals surface area contributed by atoms with Gasteiger partial charge >= 0.3 is 0 Å². The molecule has 1 amide bonds.